The number of benzene rings is 2. The molecular formula is C23H23FO6. The number of carbonyl (C=O) groups excluding carboxylic acids is 2. The third kappa shape index (κ3) is 5.17. The van der Waals surface area contributed by atoms with Gasteiger partial charge in [-0.15, -0.1) is 0 Å². The van der Waals surface area contributed by atoms with E-state index in [1.807, 2.05) is 30.4 Å². The van der Waals surface area contributed by atoms with E-state index in [0.29, 0.717) is 6.42 Å². The van der Waals surface area contributed by atoms with Gasteiger partial charge in [-0.05, 0) is 47.7 Å². The minimum absolute atomic E-state index is 0.0593. The molecule has 2 aromatic rings. The summed E-state index contributed by atoms with van der Waals surface area (Å²) in [6.07, 6.45) is 2.26. The van der Waals surface area contributed by atoms with E-state index in [1.54, 1.807) is 14.0 Å². The zero-order chi connectivity index (χ0) is 21.7. The Labute approximate surface area is 174 Å². The van der Waals surface area contributed by atoms with Crippen LogP contribution in [0.25, 0.3) is 6.08 Å². The normalized spacial score (nSPS) is 16.7. The lowest BCUT2D eigenvalue weighted by Gasteiger charge is -2.25. The molecule has 0 bridgehead atoms. The van der Waals surface area contributed by atoms with Gasteiger partial charge in [0.2, 0.25) is 6.29 Å². The van der Waals surface area contributed by atoms with Gasteiger partial charge < -0.3 is 18.9 Å². The van der Waals surface area contributed by atoms with Crippen LogP contribution in [0, 0.1) is 17.7 Å². The number of rotatable bonds is 6. The van der Waals surface area contributed by atoms with Crippen molar-refractivity contribution in [2.75, 3.05) is 7.11 Å². The number of fused-ring (bicyclic) bond motifs is 1. The maximum atomic E-state index is 13.5. The number of ether oxygens (including phenoxy) is 4. The Morgan fingerprint density at radius 3 is 2.60 bits per heavy atom. The highest BCUT2D eigenvalue weighted by atomic mass is 19.1. The second kappa shape index (κ2) is 9.43. The number of halogens is 1. The molecule has 0 radical (unpaired) electrons. The van der Waals surface area contributed by atoms with Crippen LogP contribution >= 0.6 is 0 Å². The van der Waals surface area contributed by atoms with Crippen molar-refractivity contribution in [2.45, 2.75) is 26.6 Å². The van der Waals surface area contributed by atoms with Gasteiger partial charge in [0.25, 0.3) is 0 Å². The first-order valence-corrected chi connectivity index (χ1v) is 9.56. The van der Waals surface area contributed by atoms with Crippen LogP contribution in [0.4, 0.5) is 9.18 Å². The molecule has 0 fully saturated rings. The molecule has 7 heteroatoms. The van der Waals surface area contributed by atoms with Crippen molar-refractivity contribution in [3.63, 3.8) is 0 Å². The lowest BCUT2D eigenvalue weighted by atomic mass is 9.82. The van der Waals surface area contributed by atoms with Gasteiger partial charge >= 0.3 is 12.1 Å². The number of para-hydroxylation sites is 1. The van der Waals surface area contributed by atoms with E-state index < -0.39 is 30.1 Å². The van der Waals surface area contributed by atoms with Crippen LogP contribution in [0.5, 0.6) is 11.5 Å². The Bertz CT molecular complexity index is 954. The van der Waals surface area contributed by atoms with Gasteiger partial charge in [-0.25, -0.2) is 9.18 Å². The number of carbonyl (C=O) groups is 2. The highest BCUT2D eigenvalue weighted by Crippen LogP contribution is 2.30. The molecule has 2 unspecified atom stereocenters. The minimum Gasteiger partial charge on any atom is -0.497 e. The largest absolute Gasteiger partial charge is 0.517 e. The number of hydrogen-bond acceptors (Lipinski definition) is 6. The summed E-state index contributed by atoms with van der Waals surface area (Å²) in [7, 11) is 1.62. The molecule has 6 nitrogen and oxygen atoms in total. The van der Waals surface area contributed by atoms with E-state index in [0.717, 1.165) is 22.9 Å². The zero-order valence-electron chi connectivity index (χ0n) is 17.0. The molecule has 0 heterocycles. The van der Waals surface area contributed by atoms with E-state index in [1.165, 1.54) is 25.1 Å². The van der Waals surface area contributed by atoms with Crippen molar-refractivity contribution >= 4 is 18.2 Å². The van der Waals surface area contributed by atoms with Crippen molar-refractivity contribution in [1.82, 2.24) is 0 Å². The second-order valence-corrected chi connectivity index (χ2v) is 6.99. The Hall–Kier alpha value is -3.35. The SMILES string of the molecule is COc1ccc2c(c1)C=CC([C@H](C)C(=O)OC(C)OC(=O)Oc1ccccc1F)C2. The first-order valence-electron chi connectivity index (χ1n) is 9.56. The van der Waals surface area contributed by atoms with Gasteiger partial charge in [-0.1, -0.05) is 37.3 Å². The summed E-state index contributed by atoms with van der Waals surface area (Å²) in [5.41, 5.74) is 2.17. The van der Waals surface area contributed by atoms with Crippen LogP contribution in [0.3, 0.4) is 0 Å². The van der Waals surface area contributed by atoms with Crippen LogP contribution < -0.4 is 9.47 Å². The molecule has 1 aliphatic rings. The molecule has 3 rings (SSSR count). The van der Waals surface area contributed by atoms with E-state index in [9.17, 15) is 14.0 Å². The van der Waals surface area contributed by atoms with Gasteiger partial charge in [-0.3, -0.25) is 4.79 Å². The maximum Gasteiger partial charge on any atom is 0.517 e. The van der Waals surface area contributed by atoms with Gasteiger partial charge in [-0.2, -0.15) is 0 Å². The smallest absolute Gasteiger partial charge is 0.497 e. The molecule has 0 aromatic heterocycles. The Kier molecular flexibility index (Phi) is 6.72. The molecule has 0 amide bonds. The van der Waals surface area contributed by atoms with Crippen molar-refractivity contribution < 1.29 is 32.9 Å². The molecule has 0 spiro atoms. The Morgan fingerprint density at radius 2 is 1.87 bits per heavy atom. The third-order valence-electron chi connectivity index (χ3n) is 4.92. The molecule has 30 heavy (non-hydrogen) atoms. The predicted octanol–water partition coefficient (Wildman–Crippen LogP) is 4.76. The highest BCUT2D eigenvalue weighted by Gasteiger charge is 2.28. The fraction of sp³-hybridized carbons (Fsp3) is 0.304. The zero-order valence-corrected chi connectivity index (χ0v) is 17.0. The summed E-state index contributed by atoms with van der Waals surface area (Å²) in [6, 6.07) is 11.2. The fourth-order valence-corrected chi connectivity index (χ4v) is 3.18. The molecule has 3 atom stereocenters. The number of methoxy groups -OCH3 is 1. The topological polar surface area (TPSA) is 71.1 Å². The van der Waals surface area contributed by atoms with Gasteiger partial charge in [0.05, 0.1) is 13.0 Å². The lowest BCUT2D eigenvalue weighted by molar-refractivity contribution is -0.172. The molecular weight excluding hydrogens is 391 g/mol. The molecule has 2 aromatic carbocycles. The number of esters is 1. The molecule has 1 aliphatic carbocycles. The Morgan fingerprint density at radius 1 is 1.10 bits per heavy atom. The summed E-state index contributed by atoms with van der Waals surface area (Å²) >= 11 is 0. The standard InChI is InChI=1S/C23H23FO6/c1-14(16-8-9-18-13-19(27-3)11-10-17(18)12-16)22(25)28-15(2)29-23(26)30-21-7-5-4-6-20(21)24/h4-11,13-16H,12H2,1-3H3/t14-,15?,16?/m0/s1. The average Bonchev–Trinajstić information content (AvgIpc) is 2.73. The number of allylic oxidation sites excluding steroid dienone is 1. The quantitative estimate of drug-likeness (QED) is 0.386. The van der Waals surface area contributed by atoms with E-state index >= 15 is 0 Å². The van der Waals surface area contributed by atoms with E-state index in [-0.39, 0.29) is 11.7 Å². The predicted molar refractivity (Wildman–Crippen MR) is 107 cm³/mol. The molecule has 0 saturated heterocycles. The van der Waals surface area contributed by atoms with Gasteiger partial charge in [0.15, 0.2) is 11.6 Å². The van der Waals surface area contributed by atoms with Crippen LogP contribution in [-0.4, -0.2) is 25.5 Å². The van der Waals surface area contributed by atoms with Gasteiger partial charge in [0.1, 0.15) is 5.75 Å². The second-order valence-electron chi connectivity index (χ2n) is 6.99. The monoisotopic (exact) mass is 414 g/mol. The van der Waals surface area contributed by atoms with Crippen molar-refractivity contribution in [3.8, 4) is 11.5 Å². The minimum atomic E-state index is -1.18. The van der Waals surface area contributed by atoms with Crippen LogP contribution in [-0.2, 0) is 20.7 Å². The molecule has 0 saturated carbocycles. The third-order valence-corrected chi connectivity index (χ3v) is 4.92. The Balaban J connectivity index is 1.53. The fourth-order valence-electron chi connectivity index (χ4n) is 3.18. The van der Waals surface area contributed by atoms with Crippen molar-refractivity contribution in [1.29, 1.82) is 0 Å². The first-order chi connectivity index (χ1) is 14.4. The van der Waals surface area contributed by atoms with Gasteiger partial charge in [0, 0.05) is 6.92 Å². The molecule has 158 valence electrons. The molecule has 0 aliphatic heterocycles. The summed E-state index contributed by atoms with van der Waals surface area (Å²) in [6.45, 7) is 3.15. The lowest BCUT2D eigenvalue weighted by Crippen LogP contribution is -2.30. The highest BCUT2D eigenvalue weighted by molar-refractivity contribution is 5.74. The van der Waals surface area contributed by atoms with Crippen LogP contribution in [0.15, 0.2) is 48.5 Å². The summed E-state index contributed by atoms with van der Waals surface area (Å²) in [4.78, 5) is 24.3. The average molecular weight is 414 g/mol. The summed E-state index contributed by atoms with van der Waals surface area (Å²) in [5.74, 6) is -1.21. The van der Waals surface area contributed by atoms with E-state index in [4.69, 9.17) is 18.9 Å². The maximum absolute atomic E-state index is 13.5. The van der Waals surface area contributed by atoms with Crippen LogP contribution in [0.2, 0.25) is 0 Å². The van der Waals surface area contributed by atoms with Crippen LogP contribution in [0.1, 0.15) is 25.0 Å². The summed E-state index contributed by atoms with van der Waals surface area (Å²) in [5, 5.41) is 0. The van der Waals surface area contributed by atoms with E-state index in [2.05, 4.69) is 0 Å². The van der Waals surface area contributed by atoms with Crippen molar-refractivity contribution in [2.24, 2.45) is 11.8 Å². The van der Waals surface area contributed by atoms with Crippen molar-refractivity contribution in [3.05, 3.63) is 65.5 Å². The number of hydrogen-bond donors (Lipinski definition) is 0. The first kappa shape index (κ1) is 21.4. The summed E-state index contributed by atoms with van der Waals surface area (Å²) < 4.78 is 33.7. The molecule has 0 N–H and O–H groups in total.